The number of pyridine rings is 1. The molecule has 1 aliphatic heterocycles. The summed E-state index contributed by atoms with van der Waals surface area (Å²) in [6, 6.07) is 3.86. The smallest absolute Gasteiger partial charge is 0.127 e. The number of aliphatic hydroxyl groups excluding tert-OH is 1. The van der Waals surface area contributed by atoms with Crippen molar-refractivity contribution in [3.05, 3.63) is 48.2 Å². The quantitative estimate of drug-likeness (QED) is 0.850. The second-order valence-corrected chi connectivity index (χ2v) is 5.47. The fraction of sp³-hybridized carbons (Fsp3) is 0.400. The molecule has 0 amide bonds. The lowest BCUT2D eigenvalue weighted by atomic mass is 10.0. The van der Waals surface area contributed by atoms with E-state index in [1.165, 1.54) is 0 Å². The maximum atomic E-state index is 10.2. The molecule has 2 aromatic heterocycles. The fourth-order valence-corrected chi connectivity index (χ4v) is 2.80. The summed E-state index contributed by atoms with van der Waals surface area (Å²) in [7, 11) is 0. The number of nitrogen functional groups attached to an aromatic ring is 1. The van der Waals surface area contributed by atoms with Gasteiger partial charge in [-0.2, -0.15) is 0 Å². The third-order valence-electron chi connectivity index (χ3n) is 3.89. The first-order valence-corrected chi connectivity index (χ1v) is 7.07. The van der Waals surface area contributed by atoms with E-state index in [0.29, 0.717) is 18.9 Å². The minimum absolute atomic E-state index is 0.180. The molecule has 0 saturated carbocycles. The number of aliphatic hydroxyl groups is 1. The summed E-state index contributed by atoms with van der Waals surface area (Å²) in [5, 5.41) is 10.2. The van der Waals surface area contributed by atoms with Crippen LogP contribution in [-0.4, -0.2) is 44.2 Å². The maximum absolute atomic E-state index is 10.2. The van der Waals surface area contributed by atoms with E-state index in [0.717, 1.165) is 24.2 Å². The van der Waals surface area contributed by atoms with E-state index in [-0.39, 0.29) is 12.0 Å². The Balaban J connectivity index is 1.62. The van der Waals surface area contributed by atoms with Crippen LogP contribution < -0.4 is 5.73 Å². The number of nitrogens with two attached hydrogens (primary N) is 1. The van der Waals surface area contributed by atoms with Crippen LogP contribution in [0.4, 0.5) is 5.82 Å². The molecule has 0 bridgehead atoms. The summed E-state index contributed by atoms with van der Waals surface area (Å²) in [4.78, 5) is 14.7. The number of anilines is 1. The van der Waals surface area contributed by atoms with Crippen LogP contribution in [0.2, 0.25) is 0 Å². The van der Waals surface area contributed by atoms with Crippen LogP contribution in [0.25, 0.3) is 0 Å². The molecule has 0 aliphatic carbocycles. The molecule has 0 aromatic carbocycles. The number of hydrogen-bond donors (Lipinski definition) is 2. The first kappa shape index (κ1) is 13.9. The zero-order chi connectivity index (χ0) is 14.7. The Kier molecular flexibility index (Phi) is 4.08. The van der Waals surface area contributed by atoms with Crippen molar-refractivity contribution in [3.8, 4) is 0 Å². The Morgan fingerprint density at radius 3 is 2.90 bits per heavy atom. The van der Waals surface area contributed by atoms with E-state index in [1.807, 2.05) is 12.1 Å². The number of hydrogen-bond acceptors (Lipinski definition) is 6. The molecule has 21 heavy (non-hydrogen) atoms. The van der Waals surface area contributed by atoms with Crippen LogP contribution in [0.5, 0.6) is 0 Å². The lowest BCUT2D eigenvalue weighted by Crippen LogP contribution is -2.22. The molecule has 1 fully saturated rings. The van der Waals surface area contributed by atoms with Gasteiger partial charge in [0.05, 0.1) is 11.8 Å². The van der Waals surface area contributed by atoms with Crippen molar-refractivity contribution in [2.45, 2.75) is 19.1 Å². The van der Waals surface area contributed by atoms with Crippen molar-refractivity contribution in [2.24, 2.45) is 5.92 Å². The van der Waals surface area contributed by atoms with Gasteiger partial charge in [-0.1, -0.05) is 6.07 Å². The molecule has 3 heterocycles. The number of aromatic nitrogens is 3. The largest absolute Gasteiger partial charge is 0.391 e. The fourth-order valence-electron chi connectivity index (χ4n) is 2.80. The minimum Gasteiger partial charge on any atom is -0.391 e. The second-order valence-electron chi connectivity index (χ2n) is 5.47. The lowest BCUT2D eigenvalue weighted by molar-refractivity contribution is 0.140. The number of β-amino-alcohol motifs (C(OH)–C–C–N with tert-alkyl or cyclic N) is 1. The lowest BCUT2D eigenvalue weighted by Gasteiger charge is -2.16. The van der Waals surface area contributed by atoms with E-state index in [1.54, 1.807) is 24.8 Å². The molecule has 0 spiro atoms. The highest BCUT2D eigenvalue weighted by atomic mass is 16.3. The van der Waals surface area contributed by atoms with Crippen molar-refractivity contribution in [3.63, 3.8) is 0 Å². The molecular weight excluding hydrogens is 266 g/mol. The predicted molar refractivity (Wildman–Crippen MR) is 79.2 cm³/mol. The van der Waals surface area contributed by atoms with Gasteiger partial charge >= 0.3 is 0 Å². The highest BCUT2D eigenvalue weighted by molar-refractivity contribution is 5.38. The van der Waals surface area contributed by atoms with Crippen molar-refractivity contribution in [1.82, 2.24) is 19.9 Å². The highest BCUT2D eigenvalue weighted by Crippen LogP contribution is 2.23. The Morgan fingerprint density at radius 2 is 2.14 bits per heavy atom. The Morgan fingerprint density at radius 1 is 1.24 bits per heavy atom. The Hall–Kier alpha value is -2.05. The average molecular weight is 285 g/mol. The monoisotopic (exact) mass is 285 g/mol. The molecule has 0 radical (unpaired) electrons. The summed E-state index contributed by atoms with van der Waals surface area (Å²) >= 11 is 0. The summed E-state index contributed by atoms with van der Waals surface area (Å²) < 4.78 is 0. The van der Waals surface area contributed by atoms with E-state index >= 15 is 0 Å². The zero-order valence-corrected chi connectivity index (χ0v) is 11.8. The first-order chi connectivity index (χ1) is 10.2. The molecule has 1 saturated heterocycles. The van der Waals surface area contributed by atoms with Gasteiger partial charge in [-0.3, -0.25) is 14.9 Å². The van der Waals surface area contributed by atoms with Gasteiger partial charge in [-0.15, -0.1) is 0 Å². The summed E-state index contributed by atoms with van der Waals surface area (Å²) in [6.45, 7) is 2.19. The van der Waals surface area contributed by atoms with Gasteiger partial charge in [-0.05, 0) is 12.5 Å². The molecule has 6 nitrogen and oxygen atoms in total. The molecule has 6 heteroatoms. The van der Waals surface area contributed by atoms with Crippen LogP contribution in [0.15, 0.2) is 36.9 Å². The average Bonchev–Trinajstić information content (AvgIpc) is 2.82. The van der Waals surface area contributed by atoms with Crippen molar-refractivity contribution in [2.75, 3.05) is 18.8 Å². The Labute approximate surface area is 123 Å². The normalized spacial score (nSPS) is 22.5. The van der Waals surface area contributed by atoms with Crippen LogP contribution in [-0.2, 0) is 13.0 Å². The van der Waals surface area contributed by atoms with Crippen LogP contribution in [0, 0.1) is 5.92 Å². The van der Waals surface area contributed by atoms with Gasteiger partial charge in [0, 0.05) is 55.9 Å². The third kappa shape index (κ3) is 3.34. The molecule has 2 aromatic rings. The van der Waals surface area contributed by atoms with Crippen LogP contribution in [0.3, 0.4) is 0 Å². The van der Waals surface area contributed by atoms with Crippen molar-refractivity contribution >= 4 is 5.82 Å². The molecule has 1 aliphatic rings. The SMILES string of the molecule is Nc1ncccc1CN1C[C@@H](Cc2cnccn2)[C@H](O)C1. The Bertz CT molecular complexity index is 592. The number of nitrogens with zero attached hydrogens (tertiary/aromatic N) is 4. The minimum atomic E-state index is -0.343. The summed E-state index contributed by atoms with van der Waals surface area (Å²) in [5.41, 5.74) is 7.80. The molecule has 110 valence electrons. The molecule has 2 atom stereocenters. The van der Waals surface area contributed by atoms with Crippen LogP contribution >= 0.6 is 0 Å². The van der Waals surface area contributed by atoms with Gasteiger partial charge in [0.2, 0.25) is 0 Å². The third-order valence-corrected chi connectivity index (χ3v) is 3.89. The highest BCUT2D eigenvalue weighted by Gasteiger charge is 2.31. The molecule has 0 unspecified atom stereocenters. The van der Waals surface area contributed by atoms with Gasteiger partial charge in [0.1, 0.15) is 5.82 Å². The summed E-state index contributed by atoms with van der Waals surface area (Å²) in [5.74, 6) is 0.740. The van der Waals surface area contributed by atoms with E-state index in [9.17, 15) is 5.11 Å². The van der Waals surface area contributed by atoms with Crippen molar-refractivity contribution in [1.29, 1.82) is 0 Å². The van der Waals surface area contributed by atoms with Gasteiger partial charge in [-0.25, -0.2) is 4.98 Å². The van der Waals surface area contributed by atoms with Crippen LogP contribution in [0.1, 0.15) is 11.3 Å². The van der Waals surface area contributed by atoms with Gasteiger partial charge in [0.15, 0.2) is 0 Å². The molecular formula is C15H19N5O. The second kappa shape index (κ2) is 6.15. The maximum Gasteiger partial charge on any atom is 0.127 e. The topological polar surface area (TPSA) is 88.2 Å². The summed E-state index contributed by atoms with van der Waals surface area (Å²) in [6.07, 6.45) is 7.19. The zero-order valence-electron chi connectivity index (χ0n) is 11.8. The number of rotatable bonds is 4. The van der Waals surface area contributed by atoms with E-state index in [4.69, 9.17) is 5.73 Å². The number of likely N-dealkylation sites (tertiary alicyclic amines) is 1. The standard InChI is InChI=1S/C15H19N5O/c16-15-11(2-1-3-19-15)8-20-9-12(14(21)10-20)6-13-7-17-4-5-18-13/h1-5,7,12,14,21H,6,8-10H2,(H2,16,19)/t12-,14-/m1/s1. The van der Waals surface area contributed by atoms with Gasteiger partial charge < -0.3 is 10.8 Å². The molecule has 3 N–H and O–H groups in total. The van der Waals surface area contributed by atoms with E-state index < -0.39 is 0 Å². The van der Waals surface area contributed by atoms with Gasteiger partial charge in [0.25, 0.3) is 0 Å². The van der Waals surface area contributed by atoms with Crippen molar-refractivity contribution < 1.29 is 5.11 Å². The van der Waals surface area contributed by atoms with E-state index in [2.05, 4.69) is 19.9 Å². The first-order valence-electron chi connectivity index (χ1n) is 7.07. The predicted octanol–water partition coefficient (Wildman–Crippen LogP) is 0.489. The molecule has 3 rings (SSSR count).